The van der Waals surface area contributed by atoms with E-state index in [0.717, 1.165) is 6.42 Å². The highest BCUT2D eigenvalue weighted by molar-refractivity contribution is 6.32. The standard InChI is InChI=1S/C17H23ClN2O3/c1-4-7-23-15-6-5-13(9-14(15)18)19-17(22)12-8-16(21)20(10-12)11(2)3/h5-6,9,11-12H,4,7-8,10H2,1-3H3,(H,19,22). The van der Waals surface area contributed by atoms with Crippen molar-refractivity contribution in [2.24, 2.45) is 5.92 Å². The monoisotopic (exact) mass is 338 g/mol. The second kappa shape index (κ2) is 7.68. The van der Waals surface area contributed by atoms with Crippen LogP contribution in [0.3, 0.4) is 0 Å². The number of likely N-dealkylation sites (tertiary alicyclic amines) is 1. The first kappa shape index (κ1) is 17.6. The van der Waals surface area contributed by atoms with Gasteiger partial charge in [-0.3, -0.25) is 9.59 Å². The summed E-state index contributed by atoms with van der Waals surface area (Å²) >= 11 is 6.16. The van der Waals surface area contributed by atoms with E-state index in [1.54, 1.807) is 23.1 Å². The molecule has 0 aromatic heterocycles. The minimum Gasteiger partial charge on any atom is -0.492 e. The van der Waals surface area contributed by atoms with Crippen molar-refractivity contribution in [3.8, 4) is 5.75 Å². The number of rotatable bonds is 6. The van der Waals surface area contributed by atoms with Crippen molar-refractivity contribution in [2.45, 2.75) is 39.7 Å². The Morgan fingerprint density at radius 1 is 1.48 bits per heavy atom. The van der Waals surface area contributed by atoms with Gasteiger partial charge in [0.1, 0.15) is 5.75 Å². The highest BCUT2D eigenvalue weighted by Gasteiger charge is 2.35. The molecule has 6 heteroatoms. The largest absolute Gasteiger partial charge is 0.492 e. The fourth-order valence-electron chi connectivity index (χ4n) is 2.56. The summed E-state index contributed by atoms with van der Waals surface area (Å²) in [5, 5.41) is 3.29. The third-order valence-corrected chi connectivity index (χ3v) is 4.11. The Balaban J connectivity index is 1.98. The summed E-state index contributed by atoms with van der Waals surface area (Å²) < 4.78 is 5.50. The van der Waals surface area contributed by atoms with E-state index in [9.17, 15) is 9.59 Å². The Bertz CT molecular complexity index is 589. The molecule has 0 aliphatic carbocycles. The number of anilines is 1. The molecular formula is C17H23ClN2O3. The molecule has 1 aliphatic heterocycles. The smallest absolute Gasteiger partial charge is 0.229 e. The third kappa shape index (κ3) is 4.38. The van der Waals surface area contributed by atoms with Gasteiger partial charge in [-0.25, -0.2) is 0 Å². The van der Waals surface area contributed by atoms with Gasteiger partial charge in [0.05, 0.1) is 17.5 Å². The summed E-state index contributed by atoms with van der Waals surface area (Å²) in [5.41, 5.74) is 0.610. The number of carbonyl (C=O) groups excluding carboxylic acids is 2. The van der Waals surface area contributed by atoms with E-state index < -0.39 is 0 Å². The zero-order valence-electron chi connectivity index (χ0n) is 13.8. The Labute approximate surface area is 141 Å². The lowest BCUT2D eigenvalue weighted by atomic mass is 10.1. The van der Waals surface area contributed by atoms with Gasteiger partial charge in [-0.05, 0) is 38.5 Å². The number of nitrogens with zero attached hydrogens (tertiary/aromatic N) is 1. The number of hydrogen-bond acceptors (Lipinski definition) is 3. The SMILES string of the molecule is CCCOc1ccc(NC(=O)C2CC(=O)N(C(C)C)C2)cc1Cl. The summed E-state index contributed by atoms with van der Waals surface area (Å²) in [7, 11) is 0. The lowest BCUT2D eigenvalue weighted by molar-refractivity contribution is -0.129. The molecule has 1 saturated heterocycles. The van der Waals surface area contributed by atoms with Gasteiger partial charge in [0.2, 0.25) is 11.8 Å². The van der Waals surface area contributed by atoms with E-state index in [1.165, 1.54) is 0 Å². The van der Waals surface area contributed by atoms with Crippen molar-refractivity contribution >= 4 is 29.1 Å². The lowest BCUT2D eigenvalue weighted by Gasteiger charge is -2.20. The van der Waals surface area contributed by atoms with Crippen LogP contribution in [0.15, 0.2) is 18.2 Å². The van der Waals surface area contributed by atoms with E-state index in [4.69, 9.17) is 16.3 Å². The molecule has 1 aromatic rings. The molecule has 0 spiro atoms. The maximum absolute atomic E-state index is 12.3. The van der Waals surface area contributed by atoms with Crippen molar-refractivity contribution in [3.63, 3.8) is 0 Å². The maximum atomic E-state index is 12.3. The van der Waals surface area contributed by atoms with E-state index in [2.05, 4.69) is 5.32 Å². The summed E-state index contributed by atoms with van der Waals surface area (Å²) in [5.74, 6) is 0.162. The van der Waals surface area contributed by atoms with Gasteiger partial charge < -0.3 is 15.0 Å². The predicted molar refractivity (Wildman–Crippen MR) is 90.8 cm³/mol. The summed E-state index contributed by atoms with van der Waals surface area (Å²) in [6, 6.07) is 5.28. The molecule has 23 heavy (non-hydrogen) atoms. The Kier molecular flexibility index (Phi) is 5.88. The first-order valence-corrected chi connectivity index (χ1v) is 8.32. The second-order valence-corrected chi connectivity index (χ2v) is 6.43. The number of hydrogen-bond donors (Lipinski definition) is 1. The van der Waals surface area contributed by atoms with Crippen LogP contribution in [0.1, 0.15) is 33.6 Å². The zero-order valence-corrected chi connectivity index (χ0v) is 14.5. The molecule has 126 valence electrons. The van der Waals surface area contributed by atoms with E-state index in [1.807, 2.05) is 20.8 Å². The first-order chi connectivity index (χ1) is 10.9. The van der Waals surface area contributed by atoms with Gasteiger partial charge in [0.25, 0.3) is 0 Å². The normalized spacial score (nSPS) is 17.7. The Hall–Kier alpha value is -1.75. The van der Waals surface area contributed by atoms with Crippen LogP contribution < -0.4 is 10.1 Å². The van der Waals surface area contributed by atoms with Crippen molar-refractivity contribution in [1.82, 2.24) is 4.90 Å². The fraction of sp³-hybridized carbons (Fsp3) is 0.529. The first-order valence-electron chi connectivity index (χ1n) is 7.95. The van der Waals surface area contributed by atoms with E-state index >= 15 is 0 Å². The van der Waals surface area contributed by atoms with Gasteiger partial charge in [-0.2, -0.15) is 0 Å². The van der Waals surface area contributed by atoms with Gasteiger partial charge in [0.15, 0.2) is 0 Å². The number of amides is 2. The summed E-state index contributed by atoms with van der Waals surface area (Å²) in [4.78, 5) is 26.0. The highest BCUT2D eigenvalue weighted by Crippen LogP contribution is 2.29. The quantitative estimate of drug-likeness (QED) is 0.865. The van der Waals surface area contributed by atoms with Crippen LogP contribution >= 0.6 is 11.6 Å². The molecule has 0 saturated carbocycles. The van der Waals surface area contributed by atoms with Crippen molar-refractivity contribution in [2.75, 3.05) is 18.5 Å². The Morgan fingerprint density at radius 3 is 2.78 bits per heavy atom. The summed E-state index contributed by atoms with van der Waals surface area (Å²) in [6.45, 7) is 6.99. The molecule has 0 radical (unpaired) electrons. The molecule has 1 unspecified atom stereocenters. The third-order valence-electron chi connectivity index (χ3n) is 3.81. The molecule has 1 aliphatic rings. The second-order valence-electron chi connectivity index (χ2n) is 6.02. The minimum absolute atomic E-state index is 0.0292. The van der Waals surface area contributed by atoms with Gasteiger partial charge >= 0.3 is 0 Å². The molecule has 0 bridgehead atoms. The zero-order chi connectivity index (χ0) is 17.0. The van der Waals surface area contributed by atoms with Crippen LogP contribution in [0, 0.1) is 5.92 Å². The summed E-state index contributed by atoms with van der Waals surface area (Å²) in [6.07, 6.45) is 1.16. The van der Waals surface area contributed by atoms with Crippen LogP contribution in [0.4, 0.5) is 5.69 Å². The van der Waals surface area contributed by atoms with Crippen LogP contribution in [-0.2, 0) is 9.59 Å². The number of carbonyl (C=O) groups is 2. The average molecular weight is 339 g/mol. The van der Waals surface area contributed by atoms with E-state index in [-0.39, 0.29) is 30.2 Å². The number of nitrogens with one attached hydrogen (secondary N) is 1. The van der Waals surface area contributed by atoms with Crippen molar-refractivity contribution < 1.29 is 14.3 Å². The highest BCUT2D eigenvalue weighted by atomic mass is 35.5. The molecule has 2 rings (SSSR count). The lowest BCUT2D eigenvalue weighted by Crippen LogP contribution is -2.33. The van der Waals surface area contributed by atoms with Gasteiger partial charge in [0, 0.05) is 24.7 Å². The minimum atomic E-state index is -0.320. The molecule has 5 nitrogen and oxygen atoms in total. The van der Waals surface area contributed by atoms with Crippen molar-refractivity contribution in [1.29, 1.82) is 0 Å². The average Bonchev–Trinajstić information content (AvgIpc) is 2.89. The molecule has 1 atom stereocenters. The van der Waals surface area contributed by atoms with E-state index in [0.29, 0.717) is 29.6 Å². The van der Waals surface area contributed by atoms with Crippen LogP contribution in [0.5, 0.6) is 5.75 Å². The number of benzene rings is 1. The number of halogens is 1. The van der Waals surface area contributed by atoms with Crippen molar-refractivity contribution in [3.05, 3.63) is 23.2 Å². The Morgan fingerprint density at radius 2 is 2.22 bits per heavy atom. The van der Waals surface area contributed by atoms with Crippen LogP contribution in [0.2, 0.25) is 5.02 Å². The molecule has 1 fully saturated rings. The topological polar surface area (TPSA) is 58.6 Å². The van der Waals surface area contributed by atoms with Crippen LogP contribution in [0.25, 0.3) is 0 Å². The van der Waals surface area contributed by atoms with Gasteiger partial charge in [-0.15, -0.1) is 0 Å². The molecule has 2 amide bonds. The maximum Gasteiger partial charge on any atom is 0.229 e. The predicted octanol–water partition coefficient (Wildman–Crippen LogP) is 3.32. The fourth-order valence-corrected chi connectivity index (χ4v) is 2.79. The van der Waals surface area contributed by atoms with Crippen LogP contribution in [-0.4, -0.2) is 35.9 Å². The van der Waals surface area contributed by atoms with Gasteiger partial charge in [-0.1, -0.05) is 18.5 Å². The number of ether oxygens (including phenoxy) is 1. The molecular weight excluding hydrogens is 316 g/mol. The molecule has 1 aromatic carbocycles. The molecule has 1 heterocycles. The molecule has 1 N–H and O–H groups in total.